The van der Waals surface area contributed by atoms with Crippen LogP contribution < -0.4 is 4.90 Å². The van der Waals surface area contributed by atoms with Crippen molar-refractivity contribution in [3.05, 3.63) is 47.9 Å². The maximum absolute atomic E-state index is 9.64. The Morgan fingerprint density at radius 1 is 1.13 bits per heavy atom. The van der Waals surface area contributed by atoms with E-state index in [4.69, 9.17) is 5.21 Å². The molecular weight excluding hydrogens is 294 g/mol. The number of anilines is 1. The first-order chi connectivity index (χ1) is 11.3. The van der Waals surface area contributed by atoms with E-state index >= 15 is 0 Å². The van der Waals surface area contributed by atoms with Gasteiger partial charge >= 0.3 is 0 Å². The number of piperazine rings is 1. The third kappa shape index (κ3) is 3.75. The summed E-state index contributed by atoms with van der Waals surface area (Å²) in [5.74, 6) is 1.02. The Bertz CT molecular complexity index is 669. The average molecular weight is 313 g/mol. The first kappa shape index (κ1) is 15.2. The molecule has 0 unspecified atom stereocenters. The van der Waals surface area contributed by atoms with Crippen LogP contribution in [-0.4, -0.2) is 57.6 Å². The summed E-state index contributed by atoms with van der Waals surface area (Å²) in [6.07, 6.45) is 2.95. The second-order valence-electron chi connectivity index (χ2n) is 5.40. The van der Waals surface area contributed by atoms with Crippen LogP contribution in [0.15, 0.2) is 41.7 Å². The van der Waals surface area contributed by atoms with Crippen LogP contribution in [0.1, 0.15) is 11.4 Å². The van der Waals surface area contributed by atoms with E-state index in [0.29, 0.717) is 6.54 Å². The number of hydrogen-bond acceptors (Lipinski definition) is 7. The van der Waals surface area contributed by atoms with Crippen LogP contribution >= 0.6 is 0 Å². The number of pyridine rings is 2. The highest BCUT2D eigenvalue weighted by Gasteiger charge is 2.18. The van der Waals surface area contributed by atoms with Crippen molar-refractivity contribution in [2.45, 2.75) is 6.54 Å². The Balaban J connectivity index is 1.60. The third-order valence-corrected chi connectivity index (χ3v) is 3.87. The highest BCUT2D eigenvalue weighted by Crippen LogP contribution is 2.16. The molecule has 0 aromatic carbocycles. The monoisotopic (exact) mass is 313 g/mol. The molecule has 2 aromatic rings. The molecule has 120 valence electrons. The zero-order valence-corrected chi connectivity index (χ0v) is 12.7. The van der Waals surface area contributed by atoms with Crippen LogP contribution in [0.3, 0.4) is 0 Å². The van der Waals surface area contributed by atoms with Gasteiger partial charge in [-0.2, -0.15) is 0 Å². The Morgan fingerprint density at radius 2 is 1.96 bits per heavy atom. The molecule has 1 aliphatic heterocycles. The summed E-state index contributed by atoms with van der Waals surface area (Å²) in [5, 5.41) is 21.2. The van der Waals surface area contributed by atoms with Crippen molar-refractivity contribution in [3.63, 3.8) is 0 Å². The van der Waals surface area contributed by atoms with Gasteiger partial charge in [0.25, 0.3) is 0 Å². The molecule has 1 fully saturated rings. The fourth-order valence-electron chi connectivity index (χ4n) is 2.65. The topological polar surface area (TPSA) is 85.1 Å². The highest BCUT2D eigenvalue weighted by atomic mass is 16.4. The van der Waals surface area contributed by atoms with Gasteiger partial charge in [0, 0.05) is 38.9 Å². The van der Waals surface area contributed by atoms with E-state index in [9.17, 15) is 5.11 Å². The number of aromatic hydroxyl groups is 1. The fraction of sp³-hybridized carbons (Fsp3) is 0.312. The summed E-state index contributed by atoms with van der Waals surface area (Å²) >= 11 is 0. The van der Waals surface area contributed by atoms with Gasteiger partial charge in [-0.25, -0.2) is 9.97 Å². The molecule has 0 amide bonds. The van der Waals surface area contributed by atoms with E-state index < -0.39 is 0 Å². The number of nitrogens with zero attached hydrogens (tertiary/aromatic N) is 5. The lowest BCUT2D eigenvalue weighted by Crippen LogP contribution is -2.46. The summed E-state index contributed by atoms with van der Waals surface area (Å²) in [7, 11) is 0. The number of rotatable bonds is 4. The van der Waals surface area contributed by atoms with Crippen LogP contribution in [0.4, 0.5) is 5.82 Å². The summed E-state index contributed by atoms with van der Waals surface area (Å²) in [4.78, 5) is 13.3. The Kier molecular flexibility index (Phi) is 4.68. The van der Waals surface area contributed by atoms with Crippen LogP contribution in [0.25, 0.3) is 0 Å². The van der Waals surface area contributed by atoms with Crippen LogP contribution in [-0.2, 0) is 6.54 Å². The lowest BCUT2D eigenvalue weighted by atomic mass is 10.2. The van der Waals surface area contributed by atoms with Crippen LogP contribution in [0, 0.1) is 0 Å². The van der Waals surface area contributed by atoms with Gasteiger partial charge in [-0.3, -0.25) is 4.90 Å². The zero-order chi connectivity index (χ0) is 16.1. The van der Waals surface area contributed by atoms with Crippen molar-refractivity contribution < 1.29 is 10.3 Å². The molecule has 7 nitrogen and oxygen atoms in total. The van der Waals surface area contributed by atoms with Crippen molar-refractivity contribution >= 4 is 12.0 Å². The van der Waals surface area contributed by atoms with Gasteiger partial charge in [0.05, 0.1) is 11.9 Å². The van der Waals surface area contributed by atoms with Crippen molar-refractivity contribution in [2.24, 2.45) is 5.16 Å². The normalized spacial score (nSPS) is 16.1. The standard InChI is InChI=1S/C16H19N5O2/c22-15-5-4-13(19-14(15)11-18-23)12-20-7-9-21(10-8-20)16-3-1-2-6-17-16/h1-6,11,22-23H,7-10,12H2/b18-11+. The van der Waals surface area contributed by atoms with E-state index in [0.717, 1.165) is 43.9 Å². The number of hydrogen-bond donors (Lipinski definition) is 2. The predicted octanol–water partition coefficient (Wildman–Crippen LogP) is 1.31. The molecule has 2 N–H and O–H groups in total. The minimum atomic E-state index is 0.00604. The first-order valence-corrected chi connectivity index (χ1v) is 7.51. The molecule has 1 saturated heterocycles. The summed E-state index contributed by atoms with van der Waals surface area (Å²) in [6.45, 7) is 4.37. The molecule has 0 radical (unpaired) electrons. The minimum absolute atomic E-state index is 0.00604. The lowest BCUT2D eigenvalue weighted by Gasteiger charge is -2.35. The molecule has 0 saturated carbocycles. The molecule has 7 heteroatoms. The molecule has 0 atom stereocenters. The highest BCUT2D eigenvalue weighted by molar-refractivity contribution is 5.80. The second-order valence-corrected chi connectivity index (χ2v) is 5.40. The van der Waals surface area contributed by atoms with Gasteiger partial charge in [0.2, 0.25) is 0 Å². The maximum atomic E-state index is 9.64. The summed E-state index contributed by atoms with van der Waals surface area (Å²) in [5.41, 5.74) is 1.11. The molecule has 3 heterocycles. The minimum Gasteiger partial charge on any atom is -0.506 e. The van der Waals surface area contributed by atoms with E-state index in [2.05, 4.69) is 24.9 Å². The molecule has 23 heavy (non-hydrogen) atoms. The van der Waals surface area contributed by atoms with Crippen LogP contribution in [0.5, 0.6) is 5.75 Å². The van der Waals surface area contributed by atoms with Gasteiger partial charge in [-0.05, 0) is 24.3 Å². The molecule has 2 aromatic heterocycles. The second kappa shape index (κ2) is 7.06. The average Bonchev–Trinajstić information content (AvgIpc) is 2.60. The molecule has 3 rings (SSSR count). The van der Waals surface area contributed by atoms with Crippen molar-refractivity contribution in [1.82, 2.24) is 14.9 Å². The van der Waals surface area contributed by atoms with Crippen molar-refractivity contribution in [2.75, 3.05) is 31.1 Å². The first-order valence-electron chi connectivity index (χ1n) is 7.51. The Morgan fingerprint density at radius 3 is 2.65 bits per heavy atom. The molecule has 0 spiro atoms. The summed E-state index contributed by atoms with van der Waals surface area (Å²) < 4.78 is 0. The van der Waals surface area contributed by atoms with Crippen LogP contribution in [0.2, 0.25) is 0 Å². The maximum Gasteiger partial charge on any atom is 0.142 e. The van der Waals surface area contributed by atoms with Gasteiger partial charge in [-0.15, -0.1) is 0 Å². The Labute approximate surface area is 134 Å². The largest absolute Gasteiger partial charge is 0.506 e. The predicted molar refractivity (Wildman–Crippen MR) is 87.0 cm³/mol. The van der Waals surface area contributed by atoms with Gasteiger partial charge in [0.15, 0.2) is 0 Å². The van der Waals surface area contributed by atoms with E-state index in [1.165, 1.54) is 0 Å². The SMILES string of the molecule is O/N=C/c1nc(CN2CCN(c3ccccn3)CC2)ccc1O. The molecule has 1 aliphatic rings. The van der Waals surface area contributed by atoms with Gasteiger partial charge in [-0.1, -0.05) is 11.2 Å². The molecule has 0 aliphatic carbocycles. The molecular formula is C16H19N5O2. The van der Waals surface area contributed by atoms with E-state index in [1.54, 1.807) is 12.1 Å². The van der Waals surface area contributed by atoms with Crippen molar-refractivity contribution in [3.8, 4) is 5.75 Å². The molecule has 0 bridgehead atoms. The van der Waals surface area contributed by atoms with Crippen molar-refractivity contribution in [1.29, 1.82) is 0 Å². The third-order valence-electron chi connectivity index (χ3n) is 3.87. The van der Waals surface area contributed by atoms with E-state index in [1.807, 2.05) is 24.4 Å². The quantitative estimate of drug-likeness (QED) is 0.503. The summed E-state index contributed by atoms with van der Waals surface area (Å²) in [6, 6.07) is 9.30. The van der Waals surface area contributed by atoms with E-state index in [-0.39, 0.29) is 11.4 Å². The lowest BCUT2D eigenvalue weighted by molar-refractivity contribution is 0.246. The number of oxime groups is 1. The zero-order valence-electron chi connectivity index (χ0n) is 12.7. The fourth-order valence-corrected chi connectivity index (χ4v) is 2.65. The van der Waals surface area contributed by atoms with Gasteiger partial charge in [0.1, 0.15) is 17.3 Å². The smallest absolute Gasteiger partial charge is 0.142 e. The number of aromatic nitrogens is 2. The Hall–Kier alpha value is -2.67. The van der Waals surface area contributed by atoms with Gasteiger partial charge < -0.3 is 15.2 Å².